The fourth-order valence-electron chi connectivity index (χ4n) is 4.10. The predicted octanol–water partition coefficient (Wildman–Crippen LogP) is 3.52. The van der Waals surface area contributed by atoms with Crippen molar-refractivity contribution in [3.8, 4) is 11.3 Å². The molecule has 0 unspecified atom stereocenters. The number of amides is 1. The largest absolute Gasteiger partial charge is 0.349 e. The third-order valence-corrected chi connectivity index (χ3v) is 5.74. The Hall–Kier alpha value is -3.56. The van der Waals surface area contributed by atoms with Crippen LogP contribution >= 0.6 is 0 Å². The first-order valence-electron chi connectivity index (χ1n) is 10.8. The van der Waals surface area contributed by atoms with Gasteiger partial charge in [0.05, 0.1) is 32.1 Å². The lowest BCUT2D eigenvalue weighted by atomic mass is 9.99. The maximum Gasteiger partial charge on any atom is 0.258 e. The Balaban J connectivity index is 1.66. The average Bonchev–Trinajstić information content (AvgIpc) is 3.32. The third-order valence-electron chi connectivity index (χ3n) is 5.74. The van der Waals surface area contributed by atoms with Crippen molar-refractivity contribution in [2.75, 3.05) is 36.6 Å². The molecule has 8 nitrogen and oxygen atoms in total. The van der Waals surface area contributed by atoms with E-state index < -0.39 is 6.29 Å². The topological polar surface area (TPSA) is 88.6 Å². The van der Waals surface area contributed by atoms with Crippen LogP contribution in [0, 0.1) is 19.7 Å². The Bertz CT molecular complexity index is 1210. The van der Waals surface area contributed by atoms with Gasteiger partial charge in [0.25, 0.3) is 5.91 Å². The van der Waals surface area contributed by atoms with Crippen LogP contribution in [0.15, 0.2) is 42.5 Å². The highest BCUT2D eigenvalue weighted by Crippen LogP contribution is 2.37. The van der Waals surface area contributed by atoms with Crippen LogP contribution in [-0.2, 0) is 9.47 Å². The van der Waals surface area contributed by atoms with Gasteiger partial charge in [-0.05, 0) is 49.2 Å². The van der Waals surface area contributed by atoms with Gasteiger partial charge in [0.15, 0.2) is 12.1 Å². The van der Waals surface area contributed by atoms with Crippen LogP contribution in [0.25, 0.3) is 11.3 Å². The molecule has 170 valence electrons. The Kier molecular flexibility index (Phi) is 5.65. The van der Waals surface area contributed by atoms with E-state index in [9.17, 15) is 9.18 Å². The van der Waals surface area contributed by atoms with Gasteiger partial charge in [-0.25, -0.2) is 9.37 Å². The number of nitrogens with one attached hydrogen (secondary N) is 2. The Morgan fingerprint density at radius 1 is 1.12 bits per heavy atom. The van der Waals surface area contributed by atoms with Crippen LogP contribution in [0.1, 0.15) is 21.5 Å². The van der Waals surface area contributed by atoms with E-state index in [4.69, 9.17) is 14.5 Å². The van der Waals surface area contributed by atoms with E-state index in [0.29, 0.717) is 53.9 Å². The van der Waals surface area contributed by atoms with Gasteiger partial charge in [0.2, 0.25) is 5.95 Å². The number of para-hydroxylation sites is 1. The first kappa shape index (κ1) is 21.3. The lowest BCUT2D eigenvalue weighted by Gasteiger charge is -2.32. The number of fused-ring (bicyclic) bond motifs is 1. The van der Waals surface area contributed by atoms with Crippen LogP contribution in [0.5, 0.6) is 0 Å². The molecule has 0 radical (unpaired) electrons. The van der Waals surface area contributed by atoms with Crippen LogP contribution in [0.4, 0.5) is 21.8 Å². The molecule has 3 heterocycles. The summed E-state index contributed by atoms with van der Waals surface area (Å²) in [4.78, 5) is 24.4. The quantitative estimate of drug-likeness (QED) is 0.616. The molecule has 0 aliphatic carbocycles. The molecule has 33 heavy (non-hydrogen) atoms. The van der Waals surface area contributed by atoms with Gasteiger partial charge >= 0.3 is 0 Å². The van der Waals surface area contributed by atoms with Crippen LogP contribution < -0.4 is 15.5 Å². The van der Waals surface area contributed by atoms with Crippen LogP contribution in [0.2, 0.25) is 0 Å². The molecule has 2 N–H and O–H groups in total. The molecule has 2 aromatic carbocycles. The number of carbonyl (C=O) groups excluding carboxylic acids is 1. The Morgan fingerprint density at radius 2 is 1.91 bits per heavy atom. The van der Waals surface area contributed by atoms with Crippen molar-refractivity contribution in [3.05, 3.63) is 65.0 Å². The van der Waals surface area contributed by atoms with Gasteiger partial charge in [0, 0.05) is 11.3 Å². The average molecular weight is 449 g/mol. The first-order chi connectivity index (χ1) is 16.0. The van der Waals surface area contributed by atoms with Crippen molar-refractivity contribution >= 4 is 23.4 Å². The summed E-state index contributed by atoms with van der Waals surface area (Å²) in [5.74, 6) is 0.194. The number of aryl methyl sites for hydroxylation is 2. The summed E-state index contributed by atoms with van der Waals surface area (Å²) >= 11 is 0. The second-order valence-corrected chi connectivity index (χ2v) is 7.98. The molecule has 3 aromatic rings. The van der Waals surface area contributed by atoms with E-state index in [0.717, 1.165) is 11.3 Å². The normalized spacial score (nSPS) is 16.0. The lowest BCUT2D eigenvalue weighted by molar-refractivity contribution is -0.0300. The van der Waals surface area contributed by atoms with E-state index in [1.165, 1.54) is 12.1 Å². The molecule has 0 saturated carbocycles. The molecule has 1 aromatic heterocycles. The lowest BCUT2D eigenvalue weighted by Crippen LogP contribution is -2.42. The summed E-state index contributed by atoms with van der Waals surface area (Å²) in [5, 5.41) is 6.10. The molecular weight excluding hydrogens is 425 g/mol. The van der Waals surface area contributed by atoms with Gasteiger partial charge in [0.1, 0.15) is 11.4 Å². The highest BCUT2D eigenvalue weighted by molar-refractivity contribution is 6.07. The number of hydrogen-bond acceptors (Lipinski definition) is 7. The van der Waals surface area contributed by atoms with Crippen LogP contribution in [0.3, 0.4) is 0 Å². The minimum absolute atomic E-state index is 0.268. The summed E-state index contributed by atoms with van der Waals surface area (Å²) in [5.41, 5.74) is 4.08. The number of rotatable bonds is 5. The van der Waals surface area contributed by atoms with E-state index in [1.54, 1.807) is 13.0 Å². The Morgan fingerprint density at radius 3 is 2.67 bits per heavy atom. The number of halogens is 1. The fraction of sp³-hybridized carbons (Fsp3) is 0.292. The first-order valence-corrected chi connectivity index (χ1v) is 10.8. The second-order valence-electron chi connectivity index (χ2n) is 7.98. The molecule has 1 fully saturated rings. The number of ether oxygens (including phenoxy) is 2. The number of hydrogen-bond donors (Lipinski definition) is 2. The molecule has 9 heteroatoms. The van der Waals surface area contributed by atoms with Gasteiger partial charge in [-0.1, -0.05) is 18.2 Å². The molecule has 1 amide bonds. The van der Waals surface area contributed by atoms with E-state index >= 15 is 0 Å². The van der Waals surface area contributed by atoms with Crippen molar-refractivity contribution in [1.82, 2.24) is 15.3 Å². The Labute approximate surface area is 190 Å². The van der Waals surface area contributed by atoms with Gasteiger partial charge in [-0.2, -0.15) is 4.98 Å². The zero-order chi connectivity index (χ0) is 22.9. The summed E-state index contributed by atoms with van der Waals surface area (Å²) in [7, 11) is 0. The summed E-state index contributed by atoms with van der Waals surface area (Å²) in [6.07, 6.45) is -0.392. The van der Waals surface area contributed by atoms with E-state index in [1.807, 2.05) is 36.1 Å². The number of carbonyl (C=O) groups is 1. The minimum atomic E-state index is -0.392. The standard InChI is InChI=1S/C24H24FN5O3/c1-14-5-3-4-6-18(14)30-13-27-23(31)20-21(17-8-7-16(25)11-15(17)2)28-24(29-22(20)30)26-12-19-32-9-10-33-19/h3-8,11,19H,9-10,12-13H2,1-2H3,(H,27,31)(H,26,28,29). The van der Waals surface area contributed by atoms with Crippen molar-refractivity contribution in [2.24, 2.45) is 0 Å². The molecule has 5 rings (SSSR count). The molecular formula is C24H24FN5O3. The highest BCUT2D eigenvalue weighted by Gasteiger charge is 2.32. The number of nitrogens with zero attached hydrogens (tertiary/aromatic N) is 3. The molecule has 0 spiro atoms. The molecule has 0 atom stereocenters. The minimum Gasteiger partial charge on any atom is -0.349 e. The predicted molar refractivity (Wildman–Crippen MR) is 122 cm³/mol. The van der Waals surface area contributed by atoms with E-state index in [2.05, 4.69) is 15.6 Å². The summed E-state index contributed by atoms with van der Waals surface area (Å²) in [6, 6.07) is 12.3. The monoisotopic (exact) mass is 449 g/mol. The van der Waals surface area contributed by atoms with Crippen molar-refractivity contribution in [1.29, 1.82) is 0 Å². The maximum absolute atomic E-state index is 13.8. The van der Waals surface area contributed by atoms with Crippen molar-refractivity contribution < 1.29 is 18.7 Å². The molecule has 2 aliphatic rings. The summed E-state index contributed by atoms with van der Waals surface area (Å²) in [6.45, 7) is 5.50. The highest BCUT2D eigenvalue weighted by atomic mass is 19.1. The van der Waals surface area contributed by atoms with Gasteiger partial charge in [-0.3, -0.25) is 4.79 Å². The van der Waals surface area contributed by atoms with Gasteiger partial charge < -0.3 is 25.0 Å². The van der Waals surface area contributed by atoms with Crippen molar-refractivity contribution in [2.45, 2.75) is 20.1 Å². The summed E-state index contributed by atoms with van der Waals surface area (Å²) < 4.78 is 24.8. The zero-order valence-electron chi connectivity index (χ0n) is 18.4. The SMILES string of the molecule is Cc1cc(F)ccc1-c1nc(NCC2OCCO2)nc2c1C(=O)NCN2c1ccccc1C. The maximum atomic E-state index is 13.8. The second kappa shape index (κ2) is 8.76. The third kappa shape index (κ3) is 4.12. The van der Waals surface area contributed by atoms with E-state index in [-0.39, 0.29) is 18.4 Å². The van der Waals surface area contributed by atoms with Crippen LogP contribution in [-0.4, -0.2) is 48.6 Å². The molecule has 0 bridgehead atoms. The number of aromatic nitrogens is 2. The van der Waals surface area contributed by atoms with Crippen molar-refractivity contribution in [3.63, 3.8) is 0 Å². The smallest absolute Gasteiger partial charge is 0.258 e. The fourth-order valence-corrected chi connectivity index (χ4v) is 4.10. The molecule has 2 aliphatic heterocycles. The number of benzene rings is 2. The number of anilines is 3. The molecule has 1 saturated heterocycles. The van der Waals surface area contributed by atoms with Gasteiger partial charge in [-0.15, -0.1) is 0 Å². The zero-order valence-corrected chi connectivity index (χ0v) is 18.4.